The van der Waals surface area contributed by atoms with Crippen LogP contribution in [0.5, 0.6) is 0 Å². The van der Waals surface area contributed by atoms with E-state index in [9.17, 15) is 0 Å². The number of likely N-dealkylation sites (tertiary alicyclic amines) is 1. The summed E-state index contributed by atoms with van der Waals surface area (Å²) < 4.78 is 2.24. The topological polar surface area (TPSA) is 34.2 Å². The van der Waals surface area contributed by atoms with E-state index in [4.69, 9.17) is 5.73 Å². The van der Waals surface area contributed by atoms with E-state index >= 15 is 0 Å². The number of aromatic nitrogens is 1. The van der Waals surface area contributed by atoms with Crippen LogP contribution in [0.1, 0.15) is 24.4 Å². The first-order chi connectivity index (χ1) is 8.16. The van der Waals surface area contributed by atoms with Gasteiger partial charge in [0, 0.05) is 30.7 Å². The zero-order valence-corrected chi connectivity index (χ0v) is 11.2. The molecule has 1 aliphatic heterocycles. The van der Waals surface area contributed by atoms with Crippen LogP contribution in [-0.4, -0.2) is 29.1 Å². The van der Waals surface area contributed by atoms with E-state index in [-0.39, 0.29) is 0 Å². The maximum Gasteiger partial charge on any atom is 0.102 e. The van der Waals surface area contributed by atoms with Gasteiger partial charge in [0.1, 0.15) is 4.83 Å². The smallest absolute Gasteiger partial charge is 0.102 e. The van der Waals surface area contributed by atoms with Gasteiger partial charge in [-0.25, -0.2) is 0 Å². The maximum absolute atomic E-state index is 6.12. The minimum atomic E-state index is 0.352. The summed E-state index contributed by atoms with van der Waals surface area (Å²) in [5.41, 5.74) is 7.57. The predicted octanol–water partition coefficient (Wildman–Crippen LogP) is 2.33. The number of nitrogens with two attached hydrogens (primary N) is 1. The first-order valence-corrected chi connectivity index (χ1v) is 7.03. The highest BCUT2D eigenvalue weighted by atomic mass is 32.1. The van der Waals surface area contributed by atoms with Crippen LogP contribution in [0.25, 0.3) is 10.2 Å². The van der Waals surface area contributed by atoms with Gasteiger partial charge < -0.3 is 10.3 Å². The van der Waals surface area contributed by atoms with E-state index in [1.807, 2.05) is 11.3 Å². The monoisotopic (exact) mass is 249 g/mol. The number of nitrogens with zero attached hydrogens (tertiary/aromatic N) is 2. The summed E-state index contributed by atoms with van der Waals surface area (Å²) in [7, 11) is 4.34. The van der Waals surface area contributed by atoms with Crippen LogP contribution in [0.3, 0.4) is 0 Å². The first kappa shape index (κ1) is 11.3. The lowest BCUT2D eigenvalue weighted by molar-refractivity contribution is 0.172. The number of rotatable bonds is 1. The standard InChI is InChI=1S/C13H19N3S/c1-15-5-3-9(14)7-12(15)11-8-16(2)13-10(11)4-6-17-13/h4,6,8-9,12H,3,5,7,14H2,1-2H3. The average molecular weight is 249 g/mol. The van der Waals surface area contributed by atoms with Gasteiger partial charge in [0.2, 0.25) is 0 Å². The summed E-state index contributed by atoms with van der Waals surface area (Å²) in [5, 5.41) is 3.58. The Kier molecular flexibility index (Phi) is 2.73. The van der Waals surface area contributed by atoms with E-state index in [1.54, 1.807) is 0 Å². The largest absolute Gasteiger partial charge is 0.342 e. The van der Waals surface area contributed by atoms with Crippen molar-refractivity contribution in [2.75, 3.05) is 13.6 Å². The van der Waals surface area contributed by atoms with Crippen LogP contribution >= 0.6 is 11.3 Å². The Bertz CT molecular complexity index is 528. The quantitative estimate of drug-likeness (QED) is 0.841. The van der Waals surface area contributed by atoms with Crippen LogP contribution in [0.15, 0.2) is 17.6 Å². The number of hydrogen-bond acceptors (Lipinski definition) is 3. The van der Waals surface area contributed by atoms with Gasteiger partial charge in [-0.1, -0.05) is 0 Å². The minimum Gasteiger partial charge on any atom is -0.342 e. The fraction of sp³-hybridized carbons (Fsp3) is 0.538. The third-order valence-electron chi connectivity index (χ3n) is 3.88. The molecule has 92 valence electrons. The van der Waals surface area contributed by atoms with Crippen molar-refractivity contribution in [1.82, 2.24) is 9.47 Å². The van der Waals surface area contributed by atoms with E-state index in [1.165, 1.54) is 15.8 Å². The van der Waals surface area contributed by atoms with Crippen LogP contribution in [0, 0.1) is 0 Å². The van der Waals surface area contributed by atoms with Crippen molar-refractivity contribution in [2.24, 2.45) is 12.8 Å². The second-order valence-electron chi connectivity index (χ2n) is 5.12. The molecule has 2 atom stereocenters. The van der Waals surface area contributed by atoms with Gasteiger partial charge in [0.05, 0.1) is 0 Å². The fourth-order valence-corrected chi connectivity index (χ4v) is 3.74. The molecule has 3 rings (SSSR count). The van der Waals surface area contributed by atoms with Gasteiger partial charge in [-0.2, -0.15) is 0 Å². The molecule has 0 spiro atoms. The average Bonchev–Trinajstić information content (AvgIpc) is 2.87. The highest BCUT2D eigenvalue weighted by Gasteiger charge is 2.27. The molecule has 3 heterocycles. The van der Waals surface area contributed by atoms with Crippen molar-refractivity contribution < 1.29 is 0 Å². The zero-order valence-electron chi connectivity index (χ0n) is 10.4. The van der Waals surface area contributed by atoms with Crippen molar-refractivity contribution >= 4 is 21.6 Å². The van der Waals surface area contributed by atoms with E-state index in [0.717, 1.165) is 19.4 Å². The second-order valence-corrected chi connectivity index (χ2v) is 6.01. The molecule has 1 aliphatic rings. The summed E-state index contributed by atoms with van der Waals surface area (Å²) >= 11 is 1.81. The van der Waals surface area contributed by atoms with Gasteiger partial charge in [-0.3, -0.25) is 4.90 Å². The Morgan fingerprint density at radius 3 is 3.06 bits per heavy atom. The third kappa shape index (κ3) is 1.80. The van der Waals surface area contributed by atoms with Crippen LogP contribution in [0.2, 0.25) is 0 Å². The van der Waals surface area contributed by atoms with Gasteiger partial charge in [-0.05, 0) is 43.4 Å². The fourth-order valence-electron chi connectivity index (χ4n) is 2.87. The molecule has 4 heteroatoms. The Balaban J connectivity index is 2.04. The Hall–Kier alpha value is -0.840. The van der Waals surface area contributed by atoms with Gasteiger partial charge in [0.25, 0.3) is 0 Å². The molecule has 0 aliphatic carbocycles. The molecule has 1 saturated heterocycles. The predicted molar refractivity (Wildman–Crippen MR) is 73.4 cm³/mol. The number of hydrogen-bond donors (Lipinski definition) is 1. The summed E-state index contributed by atoms with van der Waals surface area (Å²) in [5.74, 6) is 0. The second kappa shape index (κ2) is 4.12. The van der Waals surface area contributed by atoms with Gasteiger partial charge >= 0.3 is 0 Å². The van der Waals surface area contributed by atoms with Crippen molar-refractivity contribution in [3.63, 3.8) is 0 Å². The minimum absolute atomic E-state index is 0.352. The van der Waals surface area contributed by atoms with E-state index < -0.39 is 0 Å². The lowest BCUT2D eigenvalue weighted by atomic mass is 9.93. The van der Waals surface area contributed by atoms with Crippen molar-refractivity contribution in [3.05, 3.63) is 23.2 Å². The molecular formula is C13H19N3S. The highest BCUT2D eigenvalue weighted by Crippen LogP contribution is 2.36. The molecular weight excluding hydrogens is 230 g/mol. The Morgan fingerprint density at radius 2 is 2.24 bits per heavy atom. The summed E-state index contributed by atoms with van der Waals surface area (Å²) in [6, 6.07) is 3.07. The molecule has 3 nitrogen and oxygen atoms in total. The molecule has 0 saturated carbocycles. The molecule has 1 fully saturated rings. The maximum atomic E-state index is 6.12. The third-order valence-corrected chi connectivity index (χ3v) is 4.88. The molecule has 2 aromatic rings. The van der Waals surface area contributed by atoms with Gasteiger partial charge in [0.15, 0.2) is 0 Å². The van der Waals surface area contributed by atoms with Gasteiger partial charge in [-0.15, -0.1) is 11.3 Å². The number of piperidine rings is 1. The molecule has 2 unspecified atom stereocenters. The van der Waals surface area contributed by atoms with Crippen LogP contribution in [-0.2, 0) is 7.05 Å². The number of thiophene rings is 1. The lowest BCUT2D eigenvalue weighted by Gasteiger charge is -2.35. The SMILES string of the molecule is CN1CCC(N)CC1c1cn(C)c2sccc12. The summed E-state index contributed by atoms with van der Waals surface area (Å²) in [6.45, 7) is 1.10. The molecule has 0 radical (unpaired) electrons. The summed E-state index contributed by atoms with van der Waals surface area (Å²) in [4.78, 5) is 3.81. The summed E-state index contributed by atoms with van der Waals surface area (Å²) in [6.07, 6.45) is 4.47. The molecule has 0 bridgehead atoms. The van der Waals surface area contributed by atoms with Crippen LogP contribution < -0.4 is 5.73 Å². The first-order valence-electron chi connectivity index (χ1n) is 6.15. The molecule has 17 heavy (non-hydrogen) atoms. The van der Waals surface area contributed by atoms with E-state index in [0.29, 0.717) is 12.1 Å². The normalized spacial score (nSPS) is 26.8. The molecule has 0 aromatic carbocycles. The van der Waals surface area contributed by atoms with Crippen molar-refractivity contribution in [1.29, 1.82) is 0 Å². The van der Waals surface area contributed by atoms with Crippen molar-refractivity contribution in [3.8, 4) is 0 Å². The highest BCUT2D eigenvalue weighted by molar-refractivity contribution is 7.16. The molecule has 2 aromatic heterocycles. The lowest BCUT2D eigenvalue weighted by Crippen LogP contribution is -2.39. The number of aryl methyl sites for hydroxylation is 1. The van der Waals surface area contributed by atoms with E-state index in [2.05, 4.69) is 41.2 Å². The molecule has 2 N–H and O–H groups in total. The Morgan fingerprint density at radius 1 is 1.41 bits per heavy atom. The Labute approximate surface area is 106 Å². The van der Waals surface area contributed by atoms with Crippen LogP contribution in [0.4, 0.5) is 0 Å². The number of fused-ring (bicyclic) bond motifs is 1. The molecule has 0 amide bonds. The van der Waals surface area contributed by atoms with Crippen molar-refractivity contribution in [2.45, 2.75) is 24.9 Å². The zero-order chi connectivity index (χ0) is 12.0.